The van der Waals surface area contributed by atoms with E-state index >= 15 is 0 Å². The van der Waals surface area contributed by atoms with Crippen LogP contribution in [0.4, 0.5) is 0 Å². The van der Waals surface area contributed by atoms with E-state index in [1.165, 1.54) is 11.1 Å². The smallest absolute Gasteiger partial charge is 0.138 e. The Hall–Kier alpha value is -1.35. The van der Waals surface area contributed by atoms with E-state index in [2.05, 4.69) is 49.4 Å². The predicted octanol–water partition coefficient (Wildman–Crippen LogP) is 3.75. The molecule has 0 radical (unpaired) electrons. The standard InChI is InChI=1S/C16H24N2O/c1-6-10(2)9-18-15-8-12(4)11(3)7-14(15)17-16(18)13(5)19/h7-8,10,13,19H,6,9H2,1-5H3. The Kier molecular flexibility index (Phi) is 3.95. The Balaban J connectivity index is 2.62. The number of benzene rings is 1. The molecule has 3 nitrogen and oxygen atoms in total. The molecule has 19 heavy (non-hydrogen) atoms. The van der Waals surface area contributed by atoms with Gasteiger partial charge in [0.1, 0.15) is 11.9 Å². The van der Waals surface area contributed by atoms with Gasteiger partial charge in [-0.05, 0) is 49.9 Å². The van der Waals surface area contributed by atoms with Crippen LogP contribution in [0, 0.1) is 19.8 Å². The Morgan fingerprint density at radius 3 is 2.42 bits per heavy atom. The van der Waals surface area contributed by atoms with Crippen molar-refractivity contribution in [2.24, 2.45) is 5.92 Å². The second kappa shape index (κ2) is 5.33. The van der Waals surface area contributed by atoms with Crippen LogP contribution in [0.2, 0.25) is 0 Å². The number of rotatable bonds is 4. The quantitative estimate of drug-likeness (QED) is 0.909. The van der Waals surface area contributed by atoms with E-state index in [1.807, 2.05) is 0 Å². The molecular formula is C16H24N2O. The molecule has 0 aliphatic rings. The highest BCUT2D eigenvalue weighted by atomic mass is 16.3. The number of aliphatic hydroxyl groups excluding tert-OH is 1. The van der Waals surface area contributed by atoms with Crippen molar-refractivity contribution >= 4 is 11.0 Å². The monoisotopic (exact) mass is 260 g/mol. The lowest BCUT2D eigenvalue weighted by Gasteiger charge is -2.15. The van der Waals surface area contributed by atoms with Crippen molar-refractivity contribution in [3.63, 3.8) is 0 Å². The van der Waals surface area contributed by atoms with Gasteiger partial charge in [0.2, 0.25) is 0 Å². The highest BCUT2D eigenvalue weighted by Crippen LogP contribution is 2.25. The molecule has 0 aliphatic carbocycles. The summed E-state index contributed by atoms with van der Waals surface area (Å²) in [5.41, 5.74) is 4.65. The van der Waals surface area contributed by atoms with Gasteiger partial charge in [-0.1, -0.05) is 20.3 Å². The zero-order valence-electron chi connectivity index (χ0n) is 12.6. The van der Waals surface area contributed by atoms with Crippen LogP contribution in [0.5, 0.6) is 0 Å². The maximum Gasteiger partial charge on any atom is 0.138 e. The lowest BCUT2D eigenvalue weighted by Crippen LogP contribution is -2.12. The number of nitrogens with zero attached hydrogens (tertiary/aromatic N) is 2. The fraction of sp³-hybridized carbons (Fsp3) is 0.562. The number of hydrogen-bond acceptors (Lipinski definition) is 2. The van der Waals surface area contributed by atoms with Gasteiger partial charge in [0, 0.05) is 6.54 Å². The highest BCUT2D eigenvalue weighted by molar-refractivity contribution is 5.78. The van der Waals surface area contributed by atoms with E-state index in [-0.39, 0.29) is 0 Å². The van der Waals surface area contributed by atoms with Gasteiger partial charge in [-0.25, -0.2) is 4.98 Å². The Bertz CT molecular complexity index is 584. The fourth-order valence-electron chi connectivity index (χ4n) is 2.35. The van der Waals surface area contributed by atoms with Gasteiger partial charge in [-0.3, -0.25) is 0 Å². The second-order valence-electron chi connectivity index (χ2n) is 5.70. The lowest BCUT2D eigenvalue weighted by molar-refractivity contribution is 0.182. The summed E-state index contributed by atoms with van der Waals surface area (Å²) in [6, 6.07) is 4.30. The van der Waals surface area contributed by atoms with Crippen LogP contribution >= 0.6 is 0 Å². The summed E-state index contributed by atoms with van der Waals surface area (Å²) in [7, 11) is 0. The summed E-state index contributed by atoms with van der Waals surface area (Å²) >= 11 is 0. The van der Waals surface area contributed by atoms with Crippen LogP contribution in [0.15, 0.2) is 12.1 Å². The molecule has 2 unspecified atom stereocenters. The van der Waals surface area contributed by atoms with Crippen molar-refractivity contribution in [1.29, 1.82) is 0 Å². The van der Waals surface area contributed by atoms with E-state index in [4.69, 9.17) is 0 Å². The maximum atomic E-state index is 9.95. The van der Waals surface area contributed by atoms with Crippen LogP contribution in [0.25, 0.3) is 11.0 Å². The molecule has 0 spiro atoms. The summed E-state index contributed by atoms with van der Waals surface area (Å²) in [4.78, 5) is 4.61. The number of aromatic nitrogens is 2. The average molecular weight is 260 g/mol. The minimum absolute atomic E-state index is 0.530. The van der Waals surface area contributed by atoms with Crippen molar-refractivity contribution < 1.29 is 5.11 Å². The number of hydrogen-bond donors (Lipinski definition) is 1. The first-order chi connectivity index (χ1) is 8.93. The maximum absolute atomic E-state index is 9.95. The topological polar surface area (TPSA) is 38.0 Å². The van der Waals surface area contributed by atoms with Crippen molar-refractivity contribution in [2.45, 2.75) is 53.7 Å². The second-order valence-corrected chi connectivity index (χ2v) is 5.70. The molecule has 2 atom stereocenters. The van der Waals surface area contributed by atoms with Crippen LogP contribution in [0.1, 0.15) is 50.2 Å². The first-order valence-electron chi connectivity index (χ1n) is 7.09. The van der Waals surface area contributed by atoms with Crippen molar-refractivity contribution in [1.82, 2.24) is 9.55 Å². The highest BCUT2D eigenvalue weighted by Gasteiger charge is 2.16. The minimum atomic E-state index is -0.530. The normalized spacial score (nSPS) is 14.8. The van der Waals surface area contributed by atoms with Gasteiger partial charge in [-0.2, -0.15) is 0 Å². The third kappa shape index (κ3) is 2.66. The van der Waals surface area contributed by atoms with Crippen LogP contribution in [0.3, 0.4) is 0 Å². The minimum Gasteiger partial charge on any atom is -0.385 e. The summed E-state index contributed by atoms with van der Waals surface area (Å²) in [5.74, 6) is 1.36. The summed E-state index contributed by atoms with van der Waals surface area (Å²) in [6.45, 7) is 11.4. The molecule has 0 aliphatic heterocycles. The molecule has 1 heterocycles. The van der Waals surface area contributed by atoms with E-state index in [0.29, 0.717) is 5.92 Å². The van der Waals surface area contributed by atoms with Gasteiger partial charge in [0.05, 0.1) is 11.0 Å². The molecule has 1 aromatic carbocycles. The Morgan fingerprint density at radius 2 is 1.84 bits per heavy atom. The van der Waals surface area contributed by atoms with Crippen molar-refractivity contribution in [3.8, 4) is 0 Å². The third-order valence-electron chi connectivity index (χ3n) is 3.96. The van der Waals surface area contributed by atoms with E-state index < -0.39 is 6.10 Å². The molecule has 0 saturated carbocycles. The summed E-state index contributed by atoms with van der Waals surface area (Å²) in [6.07, 6.45) is 0.598. The lowest BCUT2D eigenvalue weighted by atomic mass is 10.1. The molecule has 0 bridgehead atoms. The Morgan fingerprint density at radius 1 is 1.21 bits per heavy atom. The van der Waals surface area contributed by atoms with Gasteiger partial charge in [-0.15, -0.1) is 0 Å². The van der Waals surface area contributed by atoms with Crippen LogP contribution < -0.4 is 0 Å². The average Bonchev–Trinajstić information content (AvgIpc) is 2.68. The molecule has 2 rings (SSSR count). The van der Waals surface area contributed by atoms with E-state index in [0.717, 1.165) is 29.8 Å². The summed E-state index contributed by atoms with van der Waals surface area (Å²) < 4.78 is 2.18. The molecule has 104 valence electrons. The zero-order valence-corrected chi connectivity index (χ0v) is 12.6. The largest absolute Gasteiger partial charge is 0.385 e. The number of aryl methyl sites for hydroxylation is 2. The number of fused-ring (bicyclic) bond motifs is 1. The van der Waals surface area contributed by atoms with E-state index in [1.54, 1.807) is 6.92 Å². The number of aliphatic hydroxyl groups is 1. The Labute approximate surface area is 115 Å². The number of imidazole rings is 1. The van der Waals surface area contributed by atoms with Gasteiger partial charge in [0.25, 0.3) is 0 Å². The fourth-order valence-corrected chi connectivity index (χ4v) is 2.35. The van der Waals surface area contributed by atoms with Crippen LogP contribution in [-0.2, 0) is 6.54 Å². The zero-order chi connectivity index (χ0) is 14.2. The molecule has 1 N–H and O–H groups in total. The third-order valence-corrected chi connectivity index (χ3v) is 3.96. The molecule has 0 fully saturated rings. The van der Waals surface area contributed by atoms with Crippen molar-refractivity contribution in [3.05, 3.63) is 29.1 Å². The summed E-state index contributed by atoms with van der Waals surface area (Å²) in [5, 5.41) is 9.95. The van der Waals surface area contributed by atoms with Gasteiger partial charge in [0.15, 0.2) is 0 Å². The van der Waals surface area contributed by atoms with Crippen LogP contribution in [-0.4, -0.2) is 14.7 Å². The molecule has 1 aromatic heterocycles. The molecule has 2 aromatic rings. The SMILES string of the molecule is CCC(C)Cn1c(C(C)O)nc2cc(C)c(C)cc21. The molecule has 0 amide bonds. The first-order valence-corrected chi connectivity index (χ1v) is 7.09. The van der Waals surface area contributed by atoms with Crippen molar-refractivity contribution in [2.75, 3.05) is 0 Å². The molecular weight excluding hydrogens is 236 g/mol. The molecule has 3 heteroatoms. The first kappa shape index (κ1) is 14.1. The molecule has 0 saturated heterocycles. The van der Waals surface area contributed by atoms with E-state index in [9.17, 15) is 5.11 Å². The van der Waals surface area contributed by atoms with Gasteiger partial charge >= 0.3 is 0 Å². The predicted molar refractivity (Wildman–Crippen MR) is 79.3 cm³/mol. The van der Waals surface area contributed by atoms with Gasteiger partial charge < -0.3 is 9.67 Å².